The second-order valence-electron chi connectivity index (χ2n) is 6.02. The maximum Gasteiger partial charge on any atom is 0.224 e. The van der Waals surface area contributed by atoms with Crippen LogP contribution in [0.15, 0.2) is 67.0 Å². The minimum Gasteiger partial charge on any atom is -0.439 e. The Labute approximate surface area is 156 Å². The van der Waals surface area contributed by atoms with Gasteiger partial charge in [-0.25, -0.2) is 9.97 Å². The molecule has 0 unspecified atom stereocenters. The normalized spacial score (nSPS) is 10.6. The van der Waals surface area contributed by atoms with Gasteiger partial charge in [-0.2, -0.15) is 4.98 Å². The monoisotopic (exact) mass is 358 g/mol. The average Bonchev–Trinajstić information content (AvgIpc) is 3.11. The highest BCUT2D eigenvalue weighted by molar-refractivity contribution is 5.62. The van der Waals surface area contributed by atoms with E-state index in [1.807, 2.05) is 36.4 Å². The first-order chi connectivity index (χ1) is 13.2. The molecule has 27 heavy (non-hydrogen) atoms. The van der Waals surface area contributed by atoms with Crippen molar-refractivity contribution in [3.05, 3.63) is 72.6 Å². The zero-order valence-electron chi connectivity index (χ0n) is 14.7. The van der Waals surface area contributed by atoms with Crippen LogP contribution in [0.3, 0.4) is 0 Å². The Hall–Kier alpha value is -3.87. The molecule has 0 aliphatic carbocycles. The van der Waals surface area contributed by atoms with Gasteiger partial charge in [-0.15, -0.1) is 0 Å². The third-order valence-corrected chi connectivity index (χ3v) is 3.87. The van der Waals surface area contributed by atoms with Crippen LogP contribution in [0.1, 0.15) is 5.56 Å². The summed E-state index contributed by atoms with van der Waals surface area (Å²) in [6.45, 7) is 2.06. The van der Waals surface area contributed by atoms with Crippen molar-refractivity contribution in [1.29, 1.82) is 0 Å². The van der Waals surface area contributed by atoms with Crippen LogP contribution >= 0.6 is 0 Å². The number of nitrogens with zero attached hydrogens (tertiary/aromatic N) is 3. The second-order valence-corrected chi connectivity index (χ2v) is 6.02. The Morgan fingerprint density at radius 2 is 1.89 bits per heavy atom. The average molecular weight is 358 g/mol. The molecule has 0 radical (unpaired) electrons. The number of H-pyrrole nitrogens is 1. The first-order valence-electron chi connectivity index (χ1n) is 8.41. The van der Waals surface area contributed by atoms with Crippen molar-refractivity contribution in [3.63, 3.8) is 0 Å². The summed E-state index contributed by atoms with van der Waals surface area (Å²) >= 11 is 0. The number of anilines is 3. The van der Waals surface area contributed by atoms with Crippen LogP contribution < -0.4 is 15.8 Å². The highest BCUT2D eigenvalue weighted by Crippen LogP contribution is 2.25. The van der Waals surface area contributed by atoms with Gasteiger partial charge in [0.15, 0.2) is 0 Å². The maximum absolute atomic E-state index is 5.67. The topological polar surface area (TPSA) is 102 Å². The van der Waals surface area contributed by atoms with Crippen molar-refractivity contribution >= 4 is 17.5 Å². The molecule has 7 heteroatoms. The molecule has 4 N–H and O–H groups in total. The van der Waals surface area contributed by atoms with Crippen LogP contribution in [0.25, 0.3) is 11.4 Å². The predicted octanol–water partition coefficient (Wildman–Crippen LogP) is 4.29. The Morgan fingerprint density at radius 1 is 1.04 bits per heavy atom. The molecule has 0 saturated carbocycles. The number of ether oxygens (including phenoxy) is 1. The van der Waals surface area contributed by atoms with Gasteiger partial charge in [-0.05, 0) is 48.9 Å². The van der Waals surface area contributed by atoms with Crippen LogP contribution in [0.5, 0.6) is 11.6 Å². The molecule has 4 aromatic rings. The lowest BCUT2D eigenvalue weighted by Gasteiger charge is -2.06. The minimum atomic E-state index is 0.174. The van der Waals surface area contributed by atoms with E-state index in [4.69, 9.17) is 10.5 Å². The van der Waals surface area contributed by atoms with Crippen LogP contribution in [0.2, 0.25) is 0 Å². The molecule has 7 nitrogen and oxygen atoms in total. The Bertz CT molecular complexity index is 1060. The van der Waals surface area contributed by atoms with Crippen molar-refractivity contribution in [3.8, 4) is 23.0 Å². The third-order valence-electron chi connectivity index (χ3n) is 3.87. The van der Waals surface area contributed by atoms with E-state index < -0.39 is 0 Å². The van der Waals surface area contributed by atoms with E-state index in [1.165, 1.54) is 5.56 Å². The van der Waals surface area contributed by atoms with Crippen LogP contribution in [0, 0.1) is 6.92 Å². The van der Waals surface area contributed by atoms with Gasteiger partial charge in [-0.3, -0.25) is 0 Å². The summed E-state index contributed by atoms with van der Waals surface area (Å²) in [5.74, 6) is 2.82. The van der Waals surface area contributed by atoms with E-state index in [0.29, 0.717) is 11.6 Å². The molecule has 0 fully saturated rings. The number of hydrogen-bond donors (Lipinski definition) is 3. The molecule has 4 rings (SSSR count). The van der Waals surface area contributed by atoms with Crippen molar-refractivity contribution in [1.82, 2.24) is 19.9 Å². The lowest BCUT2D eigenvalue weighted by Crippen LogP contribution is -1.95. The molecule has 0 bridgehead atoms. The Kier molecular flexibility index (Phi) is 4.40. The summed E-state index contributed by atoms with van der Waals surface area (Å²) in [6.07, 6.45) is 3.32. The van der Waals surface area contributed by atoms with Crippen LogP contribution in [-0.4, -0.2) is 19.9 Å². The number of nitrogen functional groups attached to an aromatic ring is 1. The Morgan fingerprint density at radius 3 is 2.67 bits per heavy atom. The van der Waals surface area contributed by atoms with Crippen molar-refractivity contribution in [2.45, 2.75) is 6.92 Å². The first kappa shape index (κ1) is 16.6. The number of hydrogen-bond acceptors (Lipinski definition) is 6. The van der Waals surface area contributed by atoms with Gasteiger partial charge >= 0.3 is 0 Å². The SMILES string of the molecule is Cc1cccc(Nc2cnc(-c3ccc(Oc4ccnc(N)n4)cc3)[nH]2)c1. The van der Waals surface area contributed by atoms with E-state index in [9.17, 15) is 0 Å². The number of aromatic nitrogens is 4. The molecule has 0 atom stereocenters. The smallest absolute Gasteiger partial charge is 0.224 e. The fourth-order valence-corrected chi connectivity index (χ4v) is 2.62. The van der Waals surface area contributed by atoms with E-state index in [-0.39, 0.29) is 5.95 Å². The molecule has 2 aromatic carbocycles. The van der Waals surface area contributed by atoms with Crippen LogP contribution in [-0.2, 0) is 0 Å². The van der Waals surface area contributed by atoms with Crippen molar-refractivity contribution in [2.75, 3.05) is 11.1 Å². The van der Waals surface area contributed by atoms with Gasteiger partial charge in [0.05, 0.1) is 6.20 Å². The van der Waals surface area contributed by atoms with Crippen molar-refractivity contribution in [2.24, 2.45) is 0 Å². The number of nitrogens with one attached hydrogen (secondary N) is 2. The fourth-order valence-electron chi connectivity index (χ4n) is 2.62. The lowest BCUT2D eigenvalue weighted by molar-refractivity contribution is 0.462. The van der Waals surface area contributed by atoms with Gasteiger partial charge in [0.25, 0.3) is 0 Å². The van der Waals surface area contributed by atoms with Crippen molar-refractivity contribution < 1.29 is 4.74 Å². The maximum atomic E-state index is 5.67. The van der Waals surface area contributed by atoms with Crippen LogP contribution in [0.4, 0.5) is 17.5 Å². The molecule has 0 spiro atoms. The van der Waals surface area contributed by atoms with Gasteiger partial charge < -0.3 is 20.8 Å². The number of rotatable bonds is 5. The zero-order chi connectivity index (χ0) is 18.6. The Balaban J connectivity index is 1.47. The number of nitrogens with two attached hydrogens (primary N) is 1. The first-order valence-corrected chi connectivity index (χ1v) is 8.41. The summed E-state index contributed by atoms with van der Waals surface area (Å²) < 4.78 is 5.67. The summed E-state index contributed by atoms with van der Waals surface area (Å²) in [7, 11) is 0. The summed E-state index contributed by atoms with van der Waals surface area (Å²) in [6, 6.07) is 17.4. The number of imidazole rings is 1. The highest BCUT2D eigenvalue weighted by Gasteiger charge is 2.06. The van der Waals surface area contributed by atoms with Gasteiger partial charge in [0.2, 0.25) is 11.8 Å². The standard InChI is InChI=1S/C20H18N6O/c1-13-3-2-4-15(11-13)24-17-12-23-19(25-17)14-5-7-16(8-6-14)27-18-9-10-22-20(21)26-18/h2-12,24H,1H3,(H,23,25)(H2,21,22,26). The molecule has 0 aliphatic rings. The molecule has 134 valence electrons. The molecule has 0 aliphatic heterocycles. The summed E-state index contributed by atoms with van der Waals surface area (Å²) in [5.41, 5.74) is 8.71. The predicted molar refractivity (Wildman–Crippen MR) is 105 cm³/mol. The molecule has 2 heterocycles. The van der Waals surface area contributed by atoms with E-state index in [2.05, 4.69) is 44.3 Å². The number of benzene rings is 2. The quantitative estimate of drug-likeness (QED) is 0.492. The number of aryl methyl sites for hydroxylation is 1. The van der Waals surface area contributed by atoms with E-state index in [1.54, 1.807) is 18.5 Å². The molecular formula is C20H18N6O. The summed E-state index contributed by atoms with van der Waals surface area (Å²) in [5, 5.41) is 3.32. The lowest BCUT2D eigenvalue weighted by atomic mass is 10.2. The number of aromatic amines is 1. The van der Waals surface area contributed by atoms with E-state index >= 15 is 0 Å². The summed E-state index contributed by atoms with van der Waals surface area (Å²) in [4.78, 5) is 15.6. The van der Waals surface area contributed by atoms with E-state index in [0.717, 1.165) is 22.9 Å². The highest BCUT2D eigenvalue weighted by atomic mass is 16.5. The molecule has 2 aromatic heterocycles. The third kappa shape index (κ3) is 4.04. The molecule has 0 amide bonds. The zero-order valence-corrected chi connectivity index (χ0v) is 14.7. The largest absolute Gasteiger partial charge is 0.439 e. The minimum absolute atomic E-state index is 0.174. The molecule has 0 saturated heterocycles. The van der Waals surface area contributed by atoms with Gasteiger partial charge in [-0.1, -0.05) is 12.1 Å². The molecular weight excluding hydrogens is 340 g/mol. The fraction of sp³-hybridized carbons (Fsp3) is 0.0500. The van der Waals surface area contributed by atoms with Gasteiger partial charge in [0.1, 0.15) is 17.4 Å². The van der Waals surface area contributed by atoms with Gasteiger partial charge in [0, 0.05) is 23.5 Å². The second kappa shape index (κ2) is 7.17.